The SMILES string of the molecule is CCC(C)[n+]1c(C2CC2)c(C)c(-c2ccc(F)cc2)c2ccccc21. The first kappa shape index (κ1) is 16.3. The molecule has 0 amide bonds. The van der Waals surface area contributed by atoms with Gasteiger partial charge < -0.3 is 0 Å². The summed E-state index contributed by atoms with van der Waals surface area (Å²) in [5, 5.41) is 1.26. The monoisotopic (exact) mass is 334 g/mol. The first-order valence-electron chi connectivity index (χ1n) is 9.34. The second-order valence-electron chi connectivity index (χ2n) is 7.31. The highest BCUT2D eigenvalue weighted by Gasteiger charge is 2.38. The molecule has 1 saturated carbocycles. The molecule has 1 atom stereocenters. The van der Waals surface area contributed by atoms with Crippen molar-refractivity contribution in [3.63, 3.8) is 0 Å². The molecular weight excluding hydrogens is 309 g/mol. The Kier molecular flexibility index (Phi) is 4.07. The molecule has 1 unspecified atom stereocenters. The van der Waals surface area contributed by atoms with E-state index in [1.165, 1.54) is 40.6 Å². The quantitative estimate of drug-likeness (QED) is 0.508. The lowest BCUT2D eigenvalue weighted by Gasteiger charge is -2.18. The van der Waals surface area contributed by atoms with Crippen LogP contribution in [0.25, 0.3) is 22.0 Å². The molecule has 0 spiro atoms. The minimum Gasteiger partial charge on any atom is -0.207 e. The minimum atomic E-state index is -0.182. The van der Waals surface area contributed by atoms with E-state index in [9.17, 15) is 4.39 Å². The molecule has 1 fully saturated rings. The van der Waals surface area contributed by atoms with Crippen LogP contribution < -0.4 is 4.57 Å². The van der Waals surface area contributed by atoms with Gasteiger partial charge in [-0.25, -0.2) is 4.39 Å². The van der Waals surface area contributed by atoms with Crippen molar-refractivity contribution in [1.82, 2.24) is 0 Å². The van der Waals surface area contributed by atoms with Gasteiger partial charge in [-0.15, -0.1) is 0 Å². The Balaban J connectivity index is 2.10. The number of halogens is 1. The summed E-state index contributed by atoms with van der Waals surface area (Å²) in [6.45, 7) is 6.82. The van der Waals surface area contributed by atoms with Gasteiger partial charge in [-0.1, -0.05) is 31.2 Å². The van der Waals surface area contributed by atoms with E-state index < -0.39 is 0 Å². The van der Waals surface area contributed by atoms with Crippen LogP contribution in [0.15, 0.2) is 48.5 Å². The Morgan fingerprint density at radius 1 is 1.08 bits per heavy atom. The van der Waals surface area contributed by atoms with Gasteiger partial charge in [-0.2, -0.15) is 4.57 Å². The minimum absolute atomic E-state index is 0.182. The topological polar surface area (TPSA) is 3.88 Å². The van der Waals surface area contributed by atoms with Gasteiger partial charge >= 0.3 is 0 Å². The number of hydrogen-bond acceptors (Lipinski definition) is 0. The molecule has 0 saturated heterocycles. The Bertz CT molecular complexity index is 923. The molecule has 4 rings (SSSR count). The van der Waals surface area contributed by atoms with Crippen LogP contribution in [0.3, 0.4) is 0 Å². The zero-order valence-corrected chi connectivity index (χ0v) is 15.2. The summed E-state index contributed by atoms with van der Waals surface area (Å²) in [6, 6.07) is 16.1. The van der Waals surface area contributed by atoms with Crippen molar-refractivity contribution in [3.8, 4) is 11.1 Å². The third kappa shape index (κ3) is 2.74. The van der Waals surface area contributed by atoms with Crippen molar-refractivity contribution in [2.24, 2.45) is 0 Å². The first-order chi connectivity index (χ1) is 12.1. The van der Waals surface area contributed by atoms with E-state index in [0.29, 0.717) is 12.0 Å². The lowest BCUT2D eigenvalue weighted by molar-refractivity contribution is -0.702. The van der Waals surface area contributed by atoms with Gasteiger partial charge in [0.2, 0.25) is 5.52 Å². The highest BCUT2D eigenvalue weighted by Crippen LogP contribution is 2.44. The summed E-state index contributed by atoms with van der Waals surface area (Å²) in [4.78, 5) is 0. The van der Waals surface area contributed by atoms with Crippen LogP contribution >= 0.6 is 0 Å². The van der Waals surface area contributed by atoms with Gasteiger partial charge in [-0.3, -0.25) is 0 Å². The van der Waals surface area contributed by atoms with Crippen LogP contribution in [0.2, 0.25) is 0 Å². The van der Waals surface area contributed by atoms with Crippen LogP contribution in [0, 0.1) is 12.7 Å². The van der Waals surface area contributed by atoms with Crippen LogP contribution in [0.5, 0.6) is 0 Å². The highest BCUT2D eigenvalue weighted by atomic mass is 19.1. The molecule has 1 heterocycles. The summed E-state index contributed by atoms with van der Waals surface area (Å²) >= 11 is 0. The van der Waals surface area contributed by atoms with E-state index in [1.807, 2.05) is 12.1 Å². The fraction of sp³-hybridized carbons (Fsp3) is 0.348. The second kappa shape index (κ2) is 6.25. The molecule has 0 bridgehead atoms. The largest absolute Gasteiger partial charge is 0.213 e. The molecule has 1 nitrogen and oxygen atoms in total. The fourth-order valence-electron chi connectivity index (χ4n) is 4.04. The maximum atomic E-state index is 13.4. The molecule has 0 N–H and O–H groups in total. The molecule has 128 valence electrons. The zero-order chi connectivity index (χ0) is 17.6. The van der Waals surface area contributed by atoms with Crippen LogP contribution in [-0.4, -0.2) is 0 Å². The molecule has 2 aromatic carbocycles. The summed E-state index contributed by atoms with van der Waals surface area (Å²) in [7, 11) is 0. The van der Waals surface area contributed by atoms with Crippen LogP contribution in [0.4, 0.5) is 4.39 Å². The molecule has 1 aromatic heterocycles. The average Bonchev–Trinajstić information content (AvgIpc) is 3.46. The summed E-state index contributed by atoms with van der Waals surface area (Å²) in [6.07, 6.45) is 3.67. The van der Waals surface area contributed by atoms with Crippen molar-refractivity contribution < 1.29 is 8.96 Å². The molecule has 0 radical (unpaired) electrons. The normalized spacial score (nSPS) is 15.5. The van der Waals surface area contributed by atoms with Gasteiger partial charge in [0.25, 0.3) is 0 Å². The third-order valence-electron chi connectivity index (χ3n) is 5.58. The Hall–Kier alpha value is -2.22. The zero-order valence-electron chi connectivity index (χ0n) is 15.2. The van der Waals surface area contributed by atoms with Gasteiger partial charge in [0.15, 0.2) is 11.7 Å². The Morgan fingerprint density at radius 3 is 2.40 bits per heavy atom. The molecule has 1 aliphatic rings. The molecule has 1 aliphatic carbocycles. The number of para-hydroxylation sites is 1. The number of pyridine rings is 1. The smallest absolute Gasteiger partial charge is 0.207 e. The Labute approximate surface area is 149 Å². The molecule has 3 aromatic rings. The molecular formula is C23H25FN+. The first-order valence-corrected chi connectivity index (χ1v) is 9.34. The maximum absolute atomic E-state index is 13.4. The lowest BCUT2D eigenvalue weighted by Crippen LogP contribution is -2.43. The average molecular weight is 334 g/mol. The van der Waals surface area contributed by atoms with Gasteiger partial charge in [0, 0.05) is 29.5 Å². The number of rotatable bonds is 4. The highest BCUT2D eigenvalue weighted by molar-refractivity contribution is 5.94. The van der Waals surface area contributed by atoms with Crippen molar-refractivity contribution in [2.75, 3.05) is 0 Å². The Morgan fingerprint density at radius 2 is 1.76 bits per heavy atom. The number of aromatic nitrogens is 1. The summed E-state index contributed by atoms with van der Waals surface area (Å²) in [5.41, 5.74) is 6.49. The van der Waals surface area contributed by atoms with E-state index >= 15 is 0 Å². The van der Waals surface area contributed by atoms with Crippen molar-refractivity contribution in [3.05, 3.63) is 65.6 Å². The number of benzene rings is 2. The fourth-order valence-corrected chi connectivity index (χ4v) is 4.04. The van der Waals surface area contributed by atoms with Crippen molar-refractivity contribution >= 4 is 10.9 Å². The van der Waals surface area contributed by atoms with E-state index in [2.05, 4.69) is 49.6 Å². The van der Waals surface area contributed by atoms with E-state index in [4.69, 9.17) is 0 Å². The van der Waals surface area contributed by atoms with E-state index in [1.54, 1.807) is 12.1 Å². The lowest BCUT2D eigenvalue weighted by atomic mass is 9.92. The number of nitrogens with zero attached hydrogens (tertiary/aromatic N) is 1. The maximum Gasteiger partial charge on any atom is 0.213 e. The van der Waals surface area contributed by atoms with Crippen molar-refractivity contribution in [1.29, 1.82) is 0 Å². The number of hydrogen-bond donors (Lipinski definition) is 0. The standard InChI is InChI=1S/C23H25FN/c1-4-15(2)25-21-8-6-5-7-20(21)22(16(3)23(25)18-9-10-18)17-11-13-19(24)14-12-17/h5-8,11-15,18H,4,9-10H2,1-3H3/q+1. The second-order valence-corrected chi connectivity index (χ2v) is 7.31. The summed E-state index contributed by atoms with van der Waals surface area (Å²) < 4.78 is 16.0. The summed E-state index contributed by atoms with van der Waals surface area (Å²) in [5.74, 6) is 0.483. The molecule has 2 heteroatoms. The van der Waals surface area contributed by atoms with Gasteiger partial charge in [-0.05, 0) is 50.5 Å². The predicted molar refractivity (Wildman–Crippen MR) is 101 cm³/mol. The molecule has 25 heavy (non-hydrogen) atoms. The molecule has 0 aliphatic heterocycles. The van der Waals surface area contributed by atoms with Gasteiger partial charge in [0.05, 0.1) is 5.39 Å². The predicted octanol–water partition coefficient (Wildman–Crippen LogP) is 6.09. The van der Waals surface area contributed by atoms with E-state index in [-0.39, 0.29) is 5.82 Å². The van der Waals surface area contributed by atoms with Gasteiger partial charge in [0.1, 0.15) is 5.82 Å². The number of fused-ring (bicyclic) bond motifs is 1. The van der Waals surface area contributed by atoms with E-state index in [0.717, 1.165) is 12.0 Å². The third-order valence-corrected chi connectivity index (χ3v) is 5.58. The van der Waals surface area contributed by atoms with Crippen molar-refractivity contribution in [2.45, 2.75) is 52.0 Å². The van der Waals surface area contributed by atoms with Crippen LogP contribution in [-0.2, 0) is 0 Å². The van der Waals surface area contributed by atoms with Crippen LogP contribution in [0.1, 0.15) is 56.3 Å².